The van der Waals surface area contributed by atoms with Gasteiger partial charge in [-0.15, -0.1) is 0 Å². The summed E-state index contributed by atoms with van der Waals surface area (Å²) in [5, 5.41) is 3.62. The zero-order chi connectivity index (χ0) is 22.9. The molecule has 0 amide bonds. The molecule has 0 saturated heterocycles. The van der Waals surface area contributed by atoms with E-state index in [0.29, 0.717) is 18.6 Å². The van der Waals surface area contributed by atoms with E-state index in [0.717, 1.165) is 50.7 Å². The van der Waals surface area contributed by atoms with Crippen LogP contribution in [0.25, 0.3) is 22.3 Å². The quantitative estimate of drug-likeness (QED) is 0.239. The molecule has 2 N–H and O–H groups in total. The van der Waals surface area contributed by atoms with Crippen molar-refractivity contribution >= 4 is 33.6 Å². The van der Waals surface area contributed by atoms with E-state index in [-0.39, 0.29) is 5.92 Å². The lowest BCUT2D eigenvalue weighted by Gasteiger charge is -2.25. The molecule has 7 heteroatoms. The van der Waals surface area contributed by atoms with E-state index in [9.17, 15) is 0 Å². The van der Waals surface area contributed by atoms with E-state index >= 15 is 0 Å². The van der Waals surface area contributed by atoms with Crippen molar-refractivity contribution in [3.05, 3.63) is 69.4 Å². The summed E-state index contributed by atoms with van der Waals surface area (Å²) in [6.07, 6.45) is 2.70. The maximum atomic E-state index is 6.13. The van der Waals surface area contributed by atoms with Crippen molar-refractivity contribution in [3.8, 4) is 17.0 Å². The summed E-state index contributed by atoms with van der Waals surface area (Å²) in [7, 11) is 0. The molecule has 0 fully saturated rings. The largest absolute Gasteiger partial charge is 0.493 e. The SMILES string of the molecule is CC(C)CNC(C)c1ccc2c(c1)CC(c1nc3cc(-c4ccnc(I)n4)ccc3[nH]1)CO2. The van der Waals surface area contributed by atoms with Crippen LogP contribution in [0.5, 0.6) is 5.75 Å². The summed E-state index contributed by atoms with van der Waals surface area (Å²) in [5.74, 6) is 2.79. The predicted molar refractivity (Wildman–Crippen MR) is 139 cm³/mol. The third-order valence-electron chi connectivity index (χ3n) is 6.13. The van der Waals surface area contributed by atoms with Gasteiger partial charge in [-0.05, 0) is 61.2 Å². The summed E-state index contributed by atoms with van der Waals surface area (Å²) in [4.78, 5) is 17.2. The number of ether oxygens (including phenoxy) is 1. The van der Waals surface area contributed by atoms with Crippen LogP contribution >= 0.6 is 22.6 Å². The molecule has 0 bridgehead atoms. The van der Waals surface area contributed by atoms with E-state index in [1.807, 2.05) is 6.07 Å². The van der Waals surface area contributed by atoms with Crippen LogP contribution in [0.1, 0.15) is 49.7 Å². The molecule has 6 nitrogen and oxygen atoms in total. The van der Waals surface area contributed by atoms with Crippen molar-refractivity contribution in [2.45, 2.75) is 39.2 Å². The maximum Gasteiger partial charge on any atom is 0.191 e. The molecule has 3 heterocycles. The first-order valence-electron chi connectivity index (χ1n) is 11.4. The highest BCUT2D eigenvalue weighted by Gasteiger charge is 2.25. The summed E-state index contributed by atoms with van der Waals surface area (Å²) >= 11 is 2.14. The van der Waals surface area contributed by atoms with Gasteiger partial charge < -0.3 is 15.0 Å². The number of hydrogen-bond acceptors (Lipinski definition) is 5. The Hall–Kier alpha value is -2.52. The minimum absolute atomic E-state index is 0.197. The molecule has 1 aliphatic rings. The highest BCUT2D eigenvalue weighted by molar-refractivity contribution is 14.1. The minimum atomic E-state index is 0.197. The Labute approximate surface area is 207 Å². The smallest absolute Gasteiger partial charge is 0.191 e. The normalized spacial score (nSPS) is 16.6. The molecule has 5 rings (SSSR count). The molecule has 2 aromatic carbocycles. The number of nitrogens with zero attached hydrogens (tertiary/aromatic N) is 3. The second-order valence-electron chi connectivity index (χ2n) is 9.17. The highest BCUT2D eigenvalue weighted by atomic mass is 127. The second-order valence-corrected chi connectivity index (χ2v) is 10.1. The number of halogens is 1. The van der Waals surface area contributed by atoms with E-state index in [2.05, 4.69) is 100 Å². The Kier molecular flexibility index (Phi) is 6.34. The van der Waals surface area contributed by atoms with Gasteiger partial charge in [-0.3, -0.25) is 0 Å². The average Bonchev–Trinajstić information content (AvgIpc) is 3.25. The zero-order valence-electron chi connectivity index (χ0n) is 19.1. The highest BCUT2D eigenvalue weighted by Crippen LogP contribution is 2.34. The van der Waals surface area contributed by atoms with Gasteiger partial charge in [0.25, 0.3) is 0 Å². The molecule has 2 atom stereocenters. The Morgan fingerprint density at radius 1 is 1.12 bits per heavy atom. The lowest BCUT2D eigenvalue weighted by molar-refractivity contribution is 0.258. The molecule has 2 aromatic heterocycles. The standard InChI is InChI=1S/C26H28IN5O/c1-15(2)13-29-16(3)17-5-7-24-19(10-17)11-20(14-33-24)25-30-22-6-4-18(12-23(22)31-25)21-8-9-28-26(27)32-21/h4-10,12,15-16,20,29H,11,13-14H2,1-3H3,(H,30,31). The van der Waals surface area contributed by atoms with Gasteiger partial charge >= 0.3 is 0 Å². The van der Waals surface area contributed by atoms with Gasteiger partial charge in [0.2, 0.25) is 0 Å². The maximum absolute atomic E-state index is 6.13. The summed E-state index contributed by atoms with van der Waals surface area (Å²) in [6, 6.07) is 15.1. The molecule has 0 radical (unpaired) electrons. The van der Waals surface area contributed by atoms with Crippen LogP contribution in [0, 0.1) is 9.75 Å². The molecular formula is C26H28IN5O. The summed E-state index contributed by atoms with van der Waals surface area (Å²) in [6.45, 7) is 8.32. The van der Waals surface area contributed by atoms with E-state index in [1.165, 1.54) is 11.1 Å². The lowest BCUT2D eigenvalue weighted by atomic mass is 9.93. The molecule has 33 heavy (non-hydrogen) atoms. The van der Waals surface area contributed by atoms with Gasteiger partial charge in [0.05, 0.1) is 29.3 Å². The van der Waals surface area contributed by atoms with Crippen molar-refractivity contribution in [2.75, 3.05) is 13.2 Å². The molecule has 2 unspecified atom stereocenters. The van der Waals surface area contributed by atoms with Crippen LogP contribution < -0.4 is 10.1 Å². The molecule has 0 saturated carbocycles. The molecular weight excluding hydrogens is 525 g/mol. The average molecular weight is 553 g/mol. The lowest BCUT2D eigenvalue weighted by Crippen LogP contribution is -2.24. The number of rotatable bonds is 6. The van der Waals surface area contributed by atoms with Crippen LogP contribution in [0.2, 0.25) is 0 Å². The Morgan fingerprint density at radius 2 is 2.00 bits per heavy atom. The van der Waals surface area contributed by atoms with Crippen molar-refractivity contribution < 1.29 is 4.74 Å². The number of nitrogens with one attached hydrogen (secondary N) is 2. The monoisotopic (exact) mass is 553 g/mol. The van der Waals surface area contributed by atoms with Gasteiger partial charge in [0, 0.05) is 40.4 Å². The summed E-state index contributed by atoms with van der Waals surface area (Å²) < 4.78 is 6.86. The third kappa shape index (κ3) is 4.89. The fourth-order valence-corrected chi connectivity index (χ4v) is 4.68. The predicted octanol–water partition coefficient (Wildman–Crippen LogP) is 5.65. The zero-order valence-corrected chi connectivity index (χ0v) is 21.3. The first-order chi connectivity index (χ1) is 16.0. The van der Waals surface area contributed by atoms with Crippen LogP contribution in [-0.2, 0) is 6.42 Å². The van der Waals surface area contributed by atoms with Gasteiger partial charge in [-0.25, -0.2) is 15.0 Å². The van der Waals surface area contributed by atoms with Crippen molar-refractivity contribution in [1.82, 2.24) is 25.3 Å². The number of aromatic nitrogens is 4. The van der Waals surface area contributed by atoms with Crippen LogP contribution in [0.3, 0.4) is 0 Å². The molecule has 0 spiro atoms. The number of imidazole rings is 1. The number of H-pyrrole nitrogens is 1. The van der Waals surface area contributed by atoms with Crippen molar-refractivity contribution in [2.24, 2.45) is 5.92 Å². The Morgan fingerprint density at radius 3 is 2.82 bits per heavy atom. The first kappa shape index (κ1) is 22.3. The molecule has 0 aliphatic carbocycles. The van der Waals surface area contributed by atoms with Crippen LogP contribution in [-0.4, -0.2) is 33.1 Å². The Balaban J connectivity index is 1.37. The summed E-state index contributed by atoms with van der Waals surface area (Å²) in [5.41, 5.74) is 6.47. The van der Waals surface area contributed by atoms with Gasteiger partial charge in [-0.1, -0.05) is 32.0 Å². The minimum Gasteiger partial charge on any atom is -0.493 e. The molecule has 4 aromatic rings. The van der Waals surface area contributed by atoms with Gasteiger partial charge in [0.15, 0.2) is 3.83 Å². The van der Waals surface area contributed by atoms with E-state index in [4.69, 9.17) is 9.72 Å². The first-order valence-corrected chi connectivity index (χ1v) is 12.5. The number of benzene rings is 2. The van der Waals surface area contributed by atoms with E-state index in [1.54, 1.807) is 6.20 Å². The van der Waals surface area contributed by atoms with Crippen molar-refractivity contribution in [1.29, 1.82) is 0 Å². The van der Waals surface area contributed by atoms with Crippen molar-refractivity contribution in [3.63, 3.8) is 0 Å². The number of fused-ring (bicyclic) bond motifs is 2. The third-order valence-corrected chi connectivity index (χ3v) is 6.65. The molecule has 170 valence electrons. The fourth-order valence-electron chi connectivity index (χ4n) is 4.26. The second kappa shape index (κ2) is 9.38. The number of aromatic amines is 1. The molecule has 1 aliphatic heterocycles. The Bertz CT molecular complexity index is 1280. The topological polar surface area (TPSA) is 75.7 Å². The fraction of sp³-hybridized carbons (Fsp3) is 0.346. The van der Waals surface area contributed by atoms with Gasteiger partial charge in [-0.2, -0.15) is 0 Å². The van der Waals surface area contributed by atoms with E-state index < -0.39 is 0 Å². The van der Waals surface area contributed by atoms with Crippen LogP contribution in [0.4, 0.5) is 0 Å². The van der Waals surface area contributed by atoms with Crippen LogP contribution in [0.15, 0.2) is 48.7 Å². The van der Waals surface area contributed by atoms with Gasteiger partial charge in [0.1, 0.15) is 11.6 Å². The number of hydrogen-bond donors (Lipinski definition) is 2.